The van der Waals surface area contributed by atoms with Crippen LogP contribution in [0.2, 0.25) is 0 Å². The summed E-state index contributed by atoms with van der Waals surface area (Å²) in [5, 5.41) is 12.6. The molecule has 4 N–H and O–H groups in total. The molecule has 2 heterocycles. The molecule has 172 valence electrons. The van der Waals surface area contributed by atoms with Crippen molar-refractivity contribution in [2.45, 2.75) is 49.9 Å². The molecule has 1 saturated carbocycles. The second-order valence-electron chi connectivity index (χ2n) is 8.00. The van der Waals surface area contributed by atoms with E-state index in [1.54, 1.807) is 38.4 Å². The number of nitrogens with two attached hydrogens (primary N) is 1. The number of nitrogens with one attached hydrogen (secondary N) is 2. The molecule has 33 heavy (non-hydrogen) atoms. The summed E-state index contributed by atoms with van der Waals surface area (Å²) in [6.07, 6.45) is 5.36. The number of carbonyl (C=O) groups is 1. The van der Waals surface area contributed by atoms with Gasteiger partial charge in [0.2, 0.25) is 5.91 Å². The van der Waals surface area contributed by atoms with Crippen molar-refractivity contribution in [1.82, 2.24) is 15.0 Å². The number of pyridine rings is 1. The quantitative estimate of drug-likeness (QED) is 0.450. The first-order valence-corrected chi connectivity index (χ1v) is 11.7. The van der Waals surface area contributed by atoms with Crippen molar-refractivity contribution in [3.63, 3.8) is 0 Å². The number of hydrogen-bond donors (Lipinski definition) is 3. The highest BCUT2D eigenvalue weighted by Crippen LogP contribution is 2.33. The summed E-state index contributed by atoms with van der Waals surface area (Å²) >= 11 is 1.28. The van der Waals surface area contributed by atoms with Crippen molar-refractivity contribution in [2.24, 2.45) is 5.73 Å². The first-order valence-electron chi connectivity index (χ1n) is 10.7. The molecule has 0 aliphatic heterocycles. The Bertz CT molecular complexity index is 1200. The van der Waals surface area contributed by atoms with E-state index in [4.69, 9.17) is 20.5 Å². The predicted molar refractivity (Wildman–Crippen MR) is 127 cm³/mol. The van der Waals surface area contributed by atoms with Crippen molar-refractivity contribution in [3.05, 3.63) is 35.7 Å². The van der Waals surface area contributed by atoms with Gasteiger partial charge in [-0.25, -0.2) is 9.97 Å². The highest BCUT2D eigenvalue weighted by Gasteiger charge is 2.21. The number of ether oxygens (including phenoxy) is 2. The van der Waals surface area contributed by atoms with E-state index in [0.29, 0.717) is 39.1 Å². The molecular weight excluding hydrogens is 440 g/mol. The van der Waals surface area contributed by atoms with E-state index in [1.165, 1.54) is 11.8 Å². The van der Waals surface area contributed by atoms with Crippen LogP contribution < -0.4 is 20.5 Å². The molecule has 4 rings (SSSR count). The fraction of sp³-hybridized carbons (Fsp3) is 0.391. The van der Waals surface area contributed by atoms with Gasteiger partial charge >= 0.3 is 0 Å². The molecular formula is C23H26N6O3S. The molecule has 0 spiro atoms. The lowest BCUT2D eigenvalue weighted by Gasteiger charge is -2.27. The predicted octanol–water partition coefficient (Wildman–Crippen LogP) is 3.53. The lowest BCUT2D eigenvalue weighted by atomic mass is 9.94. The molecule has 1 amide bonds. The summed E-state index contributed by atoms with van der Waals surface area (Å²) in [6, 6.07) is 7.66. The number of fused-ring (bicyclic) bond motifs is 1. The van der Waals surface area contributed by atoms with Crippen LogP contribution in [0.3, 0.4) is 0 Å². The number of carbonyl (C=O) groups excluding carboxylic acids is 1. The second-order valence-corrected chi connectivity index (χ2v) is 8.97. The monoisotopic (exact) mass is 466 g/mol. The average molecular weight is 467 g/mol. The van der Waals surface area contributed by atoms with Crippen molar-refractivity contribution in [3.8, 4) is 17.6 Å². The van der Waals surface area contributed by atoms with Gasteiger partial charge in [0.25, 0.3) is 0 Å². The van der Waals surface area contributed by atoms with Crippen LogP contribution >= 0.6 is 11.8 Å². The van der Waals surface area contributed by atoms with Gasteiger partial charge < -0.3 is 25.5 Å². The van der Waals surface area contributed by atoms with E-state index >= 15 is 0 Å². The minimum Gasteiger partial charge on any atom is -0.493 e. The number of amides is 1. The number of nitriles is 1. The van der Waals surface area contributed by atoms with Gasteiger partial charge in [-0.1, -0.05) is 11.8 Å². The highest BCUT2D eigenvalue weighted by atomic mass is 32.2. The lowest BCUT2D eigenvalue weighted by molar-refractivity contribution is -0.113. The van der Waals surface area contributed by atoms with Crippen molar-refractivity contribution in [2.75, 3.05) is 18.2 Å². The molecule has 0 radical (unpaired) electrons. The first-order chi connectivity index (χ1) is 16.0. The molecule has 3 aromatic rings. The van der Waals surface area contributed by atoms with Crippen LogP contribution in [-0.4, -0.2) is 45.9 Å². The Balaban J connectivity index is 1.38. The third-order valence-electron chi connectivity index (χ3n) is 5.65. The van der Waals surface area contributed by atoms with E-state index in [9.17, 15) is 4.79 Å². The number of rotatable bonds is 7. The van der Waals surface area contributed by atoms with Gasteiger partial charge in [0.1, 0.15) is 11.8 Å². The molecule has 1 aliphatic rings. The van der Waals surface area contributed by atoms with Crippen LogP contribution in [0.25, 0.3) is 11.0 Å². The van der Waals surface area contributed by atoms with Gasteiger partial charge in [-0.2, -0.15) is 5.26 Å². The van der Waals surface area contributed by atoms with Gasteiger partial charge in [-0.05, 0) is 44.7 Å². The van der Waals surface area contributed by atoms with Crippen molar-refractivity contribution >= 4 is 34.4 Å². The Morgan fingerprint density at radius 3 is 2.85 bits per heavy atom. The minimum atomic E-state index is -0.173. The van der Waals surface area contributed by atoms with Gasteiger partial charge in [-0.15, -0.1) is 0 Å². The van der Waals surface area contributed by atoms with E-state index in [-0.39, 0.29) is 23.8 Å². The summed E-state index contributed by atoms with van der Waals surface area (Å²) in [4.78, 5) is 24.3. The summed E-state index contributed by atoms with van der Waals surface area (Å²) < 4.78 is 11.6. The maximum absolute atomic E-state index is 12.5. The molecule has 1 fully saturated rings. The number of nitrogens with zero attached hydrogens (tertiary/aromatic N) is 3. The Morgan fingerprint density at radius 1 is 1.33 bits per heavy atom. The average Bonchev–Trinajstić information content (AvgIpc) is 3.24. The molecule has 2 aromatic heterocycles. The Morgan fingerprint density at radius 2 is 2.12 bits per heavy atom. The normalized spacial score (nSPS) is 18.0. The molecule has 0 saturated heterocycles. The van der Waals surface area contributed by atoms with E-state index in [0.717, 1.165) is 31.2 Å². The van der Waals surface area contributed by atoms with Crippen LogP contribution in [0, 0.1) is 18.3 Å². The second kappa shape index (κ2) is 10.1. The number of methoxy groups -OCH3 is 1. The summed E-state index contributed by atoms with van der Waals surface area (Å²) in [7, 11) is 1.60. The zero-order valence-electron chi connectivity index (χ0n) is 18.6. The van der Waals surface area contributed by atoms with Gasteiger partial charge in [0.15, 0.2) is 16.7 Å². The number of hydrogen-bond acceptors (Lipinski definition) is 8. The standard InChI is InChI=1S/C23H26N6O3S/c1-13-17(10-24)26-11-18-22(13)29-23(28-18)33-12-21(30)27-15-5-8-19(31-2)20(9-15)32-16-6-3-14(25)4-7-16/h5,8-9,11,14,16H,3-4,6-7,12,25H2,1-2H3,(H,27,30)(H,28,29). The SMILES string of the molecule is COc1ccc(NC(=O)CSc2nc3c(C)c(C#N)ncc3[nH]2)cc1OC1CCC(N)CC1. The number of H-pyrrole nitrogens is 1. The first kappa shape index (κ1) is 22.9. The summed E-state index contributed by atoms with van der Waals surface area (Å²) in [5.74, 6) is 1.23. The Labute approximate surface area is 196 Å². The van der Waals surface area contributed by atoms with Gasteiger partial charge in [0, 0.05) is 23.4 Å². The maximum Gasteiger partial charge on any atom is 0.234 e. The number of imidazole rings is 1. The van der Waals surface area contributed by atoms with Crippen molar-refractivity contribution < 1.29 is 14.3 Å². The van der Waals surface area contributed by atoms with Crippen LogP contribution in [0.4, 0.5) is 5.69 Å². The molecule has 0 bridgehead atoms. The number of benzene rings is 1. The van der Waals surface area contributed by atoms with Crippen LogP contribution in [-0.2, 0) is 4.79 Å². The van der Waals surface area contributed by atoms with E-state index in [2.05, 4.69) is 26.3 Å². The lowest BCUT2D eigenvalue weighted by Crippen LogP contribution is -2.31. The van der Waals surface area contributed by atoms with Crippen LogP contribution in [0.1, 0.15) is 36.9 Å². The molecule has 1 aliphatic carbocycles. The smallest absolute Gasteiger partial charge is 0.234 e. The number of thioether (sulfide) groups is 1. The zero-order chi connectivity index (χ0) is 23.4. The summed E-state index contributed by atoms with van der Waals surface area (Å²) in [6.45, 7) is 1.81. The third kappa shape index (κ3) is 5.38. The fourth-order valence-corrected chi connectivity index (χ4v) is 4.50. The van der Waals surface area contributed by atoms with Gasteiger partial charge in [0.05, 0.1) is 36.2 Å². The van der Waals surface area contributed by atoms with E-state index < -0.39 is 0 Å². The largest absolute Gasteiger partial charge is 0.493 e. The number of aromatic amines is 1. The molecule has 0 unspecified atom stereocenters. The fourth-order valence-electron chi connectivity index (χ4n) is 3.83. The number of anilines is 1. The third-order valence-corrected chi connectivity index (χ3v) is 6.52. The molecule has 9 nitrogen and oxygen atoms in total. The van der Waals surface area contributed by atoms with Gasteiger partial charge in [-0.3, -0.25) is 4.79 Å². The summed E-state index contributed by atoms with van der Waals surface area (Å²) in [5.41, 5.74) is 9.09. The number of aromatic nitrogens is 3. The topological polar surface area (TPSA) is 139 Å². The molecule has 1 aromatic carbocycles. The van der Waals surface area contributed by atoms with Crippen molar-refractivity contribution in [1.29, 1.82) is 5.26 Å². The molecule has 0 atom stereocenters. The van der Waals surface area contributed by atoms with Crippen LogP contribution in [0.15, 0.2) is 29.6 Å². The number of aryl methyl sites for hydroxylation is 1. The highest BCUT2D eigenvalue weighted by molar-refractivity contribution is 7.99. The Kier molecular flexibility index (Phi) is 7.01. The van der Waals surface area contributed by atoms with E-state index in [1.807, 2.05) is 0 Å². The minimum absolute atomic E-state index is 0.0905. The zero-order valence-corrected chi connectivity index (χ0v) is 19.4. The molecule has 10 heteroatoms. The Hall–Kier alpha value is -3.29. The maximum atomic E-state index is 12.5. The van der Waals surface area contributed by atoms with Crippen LogP contribution in [0.5, 0.6) is 11.5 Å².